The molecule has 0 spiro atoms. The molecule has 0 aliphatic carbocycles. The van der Waals surface area contributed by atoms with Gasteiger partial charge in [-0.05, 0) is 32.8 Å². The summed E-state index contributed by atoms with van der Waals surface area (Å²) in [4.78, 5) is 30.2. The lowest BCUT2D eigenvalue weighted by molar-refractivity contribution is -0.137. The second-order valence-electron chi connectivity index (χ2n) is 6.19. The van der Waals surface area contributed by atoms with Crippen molar-refractivity contribution < 1.29 is 9.90 Å². The van der Waals surface area contributed by atoms with Crippen LogP contribution >= 0.6 is 11.3 Å². The van der Waals surface area contributed by atoms with E-state index >= 15 is 0 Å². The van der Waals surface area contributed by atoms with Crippen LogP contribution < -0.4 is 5.56 Å². The molecule has 3 rings (SSSR count). The third-order valence-electron chi connectivity index (χ3n) is 4.29. The van der Waals surface area contributed by atoms with Crippen LogP contribution in [0, 0.1) is 20.8 Å². The minimum absolute atomic E-state index is 0.0391. The SMILES string of the molecule is Cc1ccc(-c2c(C)sc3nc(C)n(CCCC(=O)O)c(=O)c23)cc1. The quantitative estimate of drug-likeness (QED) is 0.752. The molecule has 3 aromatic rings. The van der Waals surface area contributed by atoms with Crippen molar-refractivity contribution in [3.8, 4) is 11.1 Å². The van der Waals surface area contributed by atoms with Gasteiger partial charge in [0.15, 0.2) is 0 Å². The number of nitrogens with zero attached hydrogens (tertiary/aromatic N) is 2. The highest BCUT2D eigenvalue weighted by Crippen LogP contribution is 2.35. The van der Waals surface area contributed by atoms with Gasteiger partial charge in [0.05, 0.1) is 5.39 Å². The molecule has 1 N–H and O–H groups in total. The Morgan fingerprint density at radius 3 is 2.52 bits per heavy atom. The lowest BCUT2D eigenvalue weighted by Gasteiger charge is -2.09. The van der Waals surface area contributed by atoms with E-state index in [9.17, 15) is 9.59 Å². The van der Waals surface area contributed by atoms with Gasteiger partial charge in [-0.1, -0.05) is 29.8 Å². The minimum Gasteiger partial charge on any atom is -0.481 e. The van der Waals surface area contributed by atoms with E-state index in [1.165, 1.54) is 16.9 Å². The lowest BCUT2D eigenvalue weighted by Crippen LogP contribution is -2.24. The summed E-state index contributed by atoms with van der Waals surface area (Å²) in [6, 6.07) is 8.12. The monoisotopic (exact) mass is 356 g/mol. The molecular formula is C19H20N2O3S. The number of rotatable bonds is 5. The molecule has 0 atom stereocenters. The largest absolute Gasteiger partial charge is 0.481 e. The second-order valence-corrected chi connectivity index (χ2v) is 7.40. The zero-order chi connectivity index (χ0) is 18.1. The highest BCUT2D eigenvalue weighted by Gasteiger charge is 2.18. The Morgan fingerprint density at radius 1 is 1.20 bits per heavy atom. The van der Waals surface area contributed by atoms with E-state index in [0.29, 0.717) is 24.2 Å². The number of hydrogen-bond donors (Lipinski definition) is 1. The number of carboxylic acid groups (broad SMARTS) is 1. The van der Waals surface area contributed by atoms with Crippen LogP contribution in [0.4, 0.5) is 0 Å². The molecule has 0 saturated carbocycles. The van der Waals surface area contributed by atoms with E-state index in [0.717, 1.165) is 20.8 Å². The standard InChI is InChI=1S/C19H20N2O3S/c1-11-6-8-14(9-7-11)16-12(2)25-18-17(16)19(24)21(13(3)20-18)10-4-5-15(22)23/h6-9H,4-5,10H2,1-3H3,(H,22,23). The number of hydrogen-bond acceptors (Lipinski definition) is 4. The summed E-state index contributed by atoms with van der Waals surface area (Å²) in [5.74, 6) is -0.231. The summed E-state index contributed by atoms with van der Waals surface area (Å²) in [6.07, 6.45) is 0.448. The highest BCUT2D eigenvalue weighted by atomic mass is 32.1. The Kier molecular flexibility index (Phi) is 4.72. The predicted molar refractivity (Wildman–Crippen MR) is 100 cm³/mol. The summed E-state index contributed by atoms with van der Waals surface area (Å²) < 4.78 is 1.59. The maximum atomic E-state index is 13.1. The van der Waals surface area contributed by atoms with Gasteiger partial charge >= 0.3 is 5.97 Å². The normalized spacial score (nSPS) is 11.2. The maximum absolute atomic E-state index is 13.1. The first kappa shape index (κ1) is 17.4. The number of fused-ring (bicyclic) bond motifs is 1. The van der Waals surface area contributed by atoms with E-state index in [-0.39, 0.29) is 12.0 Å². The Bertz CT molecular complexity index is 1000. The number of aryl methyl sites for hydroxylation is 3. The van der Waals surface area contributed by atoms with E-state index in [4.69, 9.17) is 5.11 Å². The van der Waals surface area contributed by atoms with Gasteiger partial charge in [-0.3, -0.25) is 14.2 Å². The molecule has 25 heavy (non-hydrogen) atoms. The Hall–Kier alpha value is -2.47. The number of carboxylic acids is 1. The maximum Gasteiger partial charge on any atom is 0.303 e. The molecule has 0 bridgehead atoms. The molecule has 130 valence electrons. The van der Waals surface area contributed by atoms with Crippen molar-refractivity contribution in [2.45, 2.75) is 40.2 Å². The molecule has 0 fully saturated rings. The zero-order valence-electron chi connectivity index (χ0n) is 14.5. The topological polar surface area (TPSA) is 72.2 Å². The molecule has 0 radical (unpaired) electrons. The van der Waals surface area contributed by atoms with Gasteiger partial charge < -0.3 is 5.11 Å². The van der Waals surface area contributed by atoms with Gasteiger partial charge in [-0.15, -0.1) is 11.3 Å². The Labute approximate surface area is 149 Å². The summed E-state index contributed by atoms with van der Waals surface area (Å²) >= 11 is 1.53. The third kappa shape index (κ3) is 3.35. The van der Waals surface area contributed by atoms with Crippen LogP contribution in [0.2, 0.25) is 0 Å². The van der Waals surface area contributed by atoms with E-state index in [1.54, 1.807) is 11.5 Å². The second kappa shape index (κ2) is 6.80. The summed E-state index contributed by atoms with van der Waals surface area (Å²) in [5.41, 5.74) is 3.02. The number of benzene rings is 1. The van der Waals surface area contributed by atoms with E-state index in [1.807, 2.05) is 38.1 Å². The average Bonchev–Trinajstić information content (AvgIpc) is 2.87. The van der Waals surface area contributed by atoms with Crippen molar-refractivity contribution in [3.63, 3.8) is 0 Å². The summed E-state index contributed by atoms with van der Waals surface area (Å²) in [6.45, 7) is 6.19. The molecule has 0 saturated heterocycles. The van der Waals surface area contributed by atoms with Crippen LogP contribution in [0.15, 0.2) is 29.1 Å². The van der Waals surface area contributed by atoms with Crippen molar-refractivity contribution in [1.29, 1.82) is 0 Å². The molecule has 5 nitrogen and oxygen atoms in total. The van der Waals surface area contributed by atoms with Gasteiger partial charge in [0.25, 0.3) is 5.56 Å². The van der Waals surface area contributed by atoms with Crippen molar-refractivity contribution in [3.05, 3.63) is 50.9 Å². The Morgan fingerprint density at radius 2 is 1.88 bits per heavy atom. The van der Waals surface area contributed by atoms with Crippen molar-refractivity contribution in [1.82, 2.24) is 9.55 Å². The lowest BCUT2D eigenvalue weighted by atomic mass is 10.0. The molecule has 2 aromatic heterocycles. The number of aliphatic carboxylic acids is 1. The van der Waals surface area contributed by atoms with Crippen LogP contribution in [0.1, 0.15) is 29.1 Å². The first-order valence-electron chi connectivity index (χ1n) is 8.18. The van der Waals surface area contributed by atoms with Gasteiger partial charge in [0, 0.05) is 23.4 Å². The number of thiophene rings is 1. The summed E-state index contributed by atoms with van der Waals surface area (Å²) in [5, 5.41) is 9.45. The van der Waals surface area contributed by atoms with Crippen molar-refractivity contribution >= 4 is 27.5 Å². The molecule has 0 unspecified atom stereocenters. The van der Waals surface area contributed by atoms with Gasteiger partial charge in [0.1, 0.15) is 10.7 Å². The van der Waals surface area contributed by atoms with Crippen molar-refractivity contribution in [2.75, 3.05) is 0 Å². The first-order chi connectivity index (χ1) is 11.9. The van der Waals surface area contributed by atoms with Gasteiger partial charge in [-0.2, -0.15) is 0 Å². The zero-order valence-corrected chi connectivity index (χ0v) is 15.3. The molecule has 0 aliphatic heterocycles. The van der Waals surface area contributed by atoms with E-state index < -0.39 is 5.97 Å². The van der Waals surface area contributed by atoms with Gasteiger partial charge in [0.2, 0.25) is 0 Å². The average molecular weight is 356 g/mol. The fourth-order valence-corrected chi connectivity index (χ4v) is 4.10. The highest BCUT2D eigenvalue weighted by molar-refractivity contribution is 7.19. The molecule has 6 heteroatoms. The smallest absolute Gasteiger partial charge is 0.303 e. The van der Waals surface area contributed by atoms with Crippen LogP contribution in [0.5, 0.6) is 0 Å². The third-order valence-corrected chi connectivity index (χ3v) is 5.29. The fraction of sp³-hybridized carbons (Fsp3) is 0.316. The minimum atomic E-state index is -0.855. The van der Waals surface area contributed by atoms with Crippen LogP contribution in [-0.2, 0) is 11.3 Å². The first-order valence-corrected chi connectivity index (χ1v) is 8.99. The van der Waals surface area contributed by atoms with Gasteiger partial charge in [-0.25, -0.2) is 4.98 Å². The molecule has 0 aliphatic rings. The molecular weight excluding hydrogens is 336 g/mol. The fourth-order valence-electron chi connectivity index (χ4n) is 3.02. The summed E-state index contributed by atoms with van der Waals surface area (Å²) in [7, 11) is 0. The van der Waals surface area contributed by atoms with E-state index in [2.05, 4.69) is 4.98 Å². The molecule has 0 amide bonds. The number of carbonyl (C=O) groups is 1. The van der Waals surface area contributed by atoms with Crippen LogP contribution in [-0.4, -0.2) is 20.6 Å². The Balaban J connectivity index is 2.15. The molecule has 1 aromatic carbocycles. The van der Waals surface area contributed by atoms with Crippen LogP contribution in [0.25, 0.3) is 21.3 Å². The van der Waals surface area contributed by atoms with Crippen LogP contribution in [0.3, 0.4) is 0 Å². The van der Waals surface area contributed by atoms with Crippen molar-refractivity contribution in [2.24, 2.45) is 0 Å². The molecule has 2 heterocycles. The number of aromatic nitrogens is 2. The predicted octanol–water partition coefficient (Wildman–Crippen LogP) is 3.92.